The van der Waals surface area contributed by atoms with Crippen LogP contribution in [0.1, 0.15) is 58.8 Å². The number of hydrogen-bond acceptors (Lipinski definition) is 2. The Bertz CT molecular complexity index is 283. The minimum Gasteiger partial charge on any atom is -0.481 e. The fourth-order valence-corrected chi connectivity index (χ4v) is 2.58. The number of aliphatic carboxylic acids is 1. The van der Waals surface area contributed by atoms with E-state index >= 15 is 0 Å². The summed E-state index contributed by atoms with van der Waals surface area (Å²) in [7, 11) is 0. The third kappa shape index (κ3) is 5.07. The highest BCUT2D eigenvalue weighted by Crippen LogP contribution is 2.19. The summed E-state index contributed by atoms with van der Waals surface area (Å²) >= 11 is 0. The van der Waals surface area contributed by atoms with Gasteiger partial charge >= 0.3 is 5.97 Å². The summed E-state index contributed by atoms with van der Waals surface area (Å²) in [5, 5.41) is 12.1. The quantitative estimate of drug-likeness (QED) is 0.766. The van der Waals surface area contributed by atoms with E-state index in [1.165, 1.54) is 19.3 Å². The van der Waals surface area contributed by atoms with Gasteiger partial charge in [0.15, 0.2) is 0 Å². The van der Waals surface area contributed by atoms with Gasteiger partial charge in [-0.05, 0) is 25.2 Å². The molecule has 1 rings (SSSR count). The van der Waals surface area contributed by atoms with E-state index in [2.05, 4.69) is 5.32 Å². The Hall–Kier alpha value is -1.06. The third-order valence-electron chi connectivity index (χ3n) is 3.77. The molecule has 104 valence electrons. The second-order valence-corrected chi connectivity index (χ2v) is 5.63. The van der Waals surface area contributed by atoms with Gasteiger partial charge < -0.3 is 10.4 Å². The van der Waals surface area contributed by atoms with Crippen molar-refractivity contribution < 1.29 is 14.7 Å². The summed E-state index contributed by atoms with van der Waals surface area (Å²) in [6.07, 6.45) is 6.54. The highest BCUT2D eigenvalue weighted by Gasteiger charge is 2.23. The average Bonchev–Trinajstić information content (AvgIpc) is 2.29. The molecule has 0 aromatic carbocycles. The Kier molecular flexibility index (Phi) is 6.16. The Labute approximate surface area is 109 Å². The lowest BCUT2D eigenvalue weighted by molar-refractivity contribution is -0.143. The van der Waals surface area contributed by atoms with Crippen molar-refractivity contribution in [3.8, 4) is 0 Å². The molecular weight excluding hydrogens is 230 g/mol. The number of carbonyl (C=O) groups excluding carboxylic acids is 1. The lowest BCUT2D eigenvalue weighted by Crippen LogP contribution is -2.36. The average molecular weight is 255 g/mol. The van der Waals surface area contributed by atoms with Crippen molar-refractivity contribution in [2.45, 2.75) is 64.8 Å². The molecule has 4 nitrogen and oxygen atoms in total. The van der Waals surface area contributed by atoms with Crippen LogP contribution in [0.25, 0.3) is 0 Å². The van der Waals surface area contributed by atoms with E-state index in [0.717, 1.165) is 12.8 Å². The topological polar surface area (TPSA) is 66.4 Å². The molecule has 0 bridgehead atoms. The van der Waals surface area contributed by atoms with Crippen molar-refractivity contribution in [2.24, 2.45) is 11.8 Å². The summed E-state index contributed by atoms with van der Waals surface area (Å²) in [6.45, 7) is 3.77. The van der Waals surface area contributed by atoms with E-state index in [9.17, 15) is 9.59 Å². The van der Waals surface area contributed by atoms with Crippen molar-refractivity contribution in [1.29, 1.82) is 0 Å². The predicted molar refractivity (Wildman–Crippen MR) is 70.2 cm³/mol. The van der Waals surface area contributed by atoms with E-state index < -0.39 is 11.9 Å². The first-order valence-electron chi connectivity index (χ1n) is 7.03. The number of carbonyl (C=O) groups is 2. The van der Waals surface area contributed by atoms with Crippen LogP contribution < -0.4 is 5.32 Å². The molecule has 18 heavy (non-hydrogen) atoms. The molecule has 1 amide bonds. The Balaban J connectivity index is 2.28. The molecule has 0 heterocycles. The first-order valence-corrected chi connectivity index (χ1v) is 7.03. The number of carboxylic acid groups (broad SMARTS) is 1. The number of rotatable bonds is 6. The van der Waals surface area contributed by atoms with Gasteiger partial charge in [0.1, 0.15) is 0 Å². The van der Waals surface area contributed by atoms with Crippen molar-refractivity contribution in [3.63, 3.8) is 0 Å². The Morgan fingerprint density at radius 1 is 1.22 bits per heavy atom. The minimum atomic E-state index is -0.796. The van der Waals surface area contributed by atoms with E-state index in [-0.39, 0.29) is 11.8 Å². The van der Waals surface area contributed by atoms with E-state index in [1.807, 2.05) is 13.8 Å². The monoisotopic (exact) mass is 255 g/mol. The van der Waals surface area contributed by atoms with Crippen molar-refractivity contribution in [1.82, 2.24) is 5.32 Å². The van der Waals surface area contributed by atoms with Crippen LogP contribution in [0, 0.1) is 11.8 Å². The highest BCUT2D eigenvalue weighted by atomic mass is 16.4. The van der Waals surface area contributed by atoms with E-state index in [1.54, 1.807) is 0 Å². The maximum Gasteiger partial charge on any atom is 0.306 e. The predicted octanol–water partition coefficient (Wildman–Crippen LogP) is 2.57. The molecule has 1 unspecified atom stereocenters. The zero-order chi connectivity index (χ0) is 13.5. The van der Waals surface area contributed by atoms with E-state index in [0.29, 0.717) is 18.9 Å². The standard InChI is InChI=1S/C14H25NO3/c1-10(2)12(14(17)18)8-9-13(16)15-11-6-4-3-5-7-11/h10-12H,3-9H2,1-2H3,(H,15,16)(H,17,18). The molecule has 0 aliphatic heterocycles. The van der Waals surface area contributed by atoms with Gasteiger partial charge in [0, 0.05) is 12.5 Å². The van der Waals surface area contributed by atoms with Gasteiger partial charge in [0.25, 0.3) is 0 Å². The number of nitrogens with one attached hydrogen (secondary N) is 1. The smallest absolute Gasteiger partial charge is 0.306 e. The summed E-state index contributed by atoms with van der Waals surface area (Å²) in [5.74, 6) is -1.13. The normalized spacial score (nSPS) is 18.6. The molecule has 1 fully saturated rings. The SMILES string of the molecule is CC(C)C(CCC(=O)NC1CCCCC1)C(=O)O. The molecular formula is C14H25NO3. The minimum absolute atomic E-state index is 0.00815. The second kappa shape index (κ2) is 7.39. The lowest BCUT2D eigenvalue weighted by Gasteiger charge is -2.23. The van der Waals surface area contributed by atoms with Crippen molar-refractivity contribution in [2.75, 3.05) is 0 Å². The van der Waals surface area contributed by atoms with Gasteiger partial charge in [-0.1, -0.05) is 33.1 Å². The van der Waals surface area contributed by atoms with Gasteiger partial charge in [-0.25, -0.2) is 0 Å². The van der Waals surface area contributed by atoms with Crippen LogP contribution in [0.3, 0.4) is 0 Å². The summed E-state index contributed by atoms with van der Waals surface area (Å²) in [4.78, 5) is 22.8. The summed E-state index contributed by atoms with van der Waals surface area (Å²) < 4.78 is 0. The molecule has 1 aliphatic rings. The van der Waals surface area contributed by atoms with E-state index in [4.69, 9.17) is 5.11 Å². The molecule has 0 aromatic heterocycles. The Morgan fingerprint density at radius 2 is 1.83 bits per heavy atom. The van der Waals surface area contributed by atoms with Gasteiger partial charge in [-0.3, -0.25) is 9.59 Å². The second-order valence-electron chi connectivity index (χ2n) is 5.63. The zero-order valence-corrected chi connectivity index (χ0v) is 11.4. The van der Waals surface area contributed by atoms with Gasteiger partial charge in [0.05, 0.1) is 5.92 Å². The molecule has 4 heteroatoms. The molecule has 2 N–H and O–H groups in total. The van der Waals surface area contributed by atoms with Crippen LogP contribution in [0.5, 0.6) is 0 Å². The fourth-order valence-electron chi connectivity index (χ4n) is 2.58. The molecule has 0 radical (unpaired) electrons. The number of hydrogen-bond donors (Lipinski definition) is 2. The highest BCUT2D eigenvalue weighted by molar-refractivity contribution is 5.77. The molecule has 1 aliphatic carbocycles. The molecule has 0 aromatic rings. The molecule has 1 saturated carbocycles. The number of amides is 1. The molecule has 0 saturated heterocycles. The fraction of sp³-hybridized carbons (Fsp3) is 0.857. The van der Waals surface area contributed by atoms with Gasteiger partial charge in [-0.2, -0.15) is 0 Å². The van der Waals surface area contributed by atoms with Gasteiger partial charge in [0.2, 0.25) is 5.91 Å². The largest absolute Gasteiger partial charge is 0.481 e. The van der Waals surface area contributed by atoms with Crippen molar-refractivity contribution >= 4 is 11.9 Å². The first-order chi connectivity index (χ1) is 8.50. The maximum atomic E-state index is 11.8. The first kappa shape index (κ1) is 15.0. The zero-order valence-electron chi connectivity index (χ0n) is 11.4. The third-order valence-corrected chi connectivity index (χ3v) is 3.77. The van der Waals surface area contributed by atoms with Crippen LogP contribution in [0.4, 0.5) is 0 Å². The van der Waals surface area contributed by atoms with Gasteiger partial charge in [-0.15, -0.1) is 0 Å². The number of carboxylic acids is 1. The molecule has 0 spiro atoms. The maximum absolute atomic E-state index is 11.8. The van der Waals surface area contributed by atoms with Crippen LogP contribution >= 0.6 is 0 Å². The van der Waals surface area contributed by atoms with Crippen LogP contribution in [0.2, 0.25) is 0 Å². The van der Waals surface area contributed by atoms with Crippen LogP contribution in [-0.4, -0.2) is 23.0 Å². The lowest BCUT2D eigenvalue weighted by atomic mass is 9.91. The van der Waals surface area contributed by atoms with Crippen molar-refractivity contribution in [3.05, 3.63) is 0 Å². The summed E-state index contributed by atoms with van der Waals surface area (Å²) in [5.41, 5.74) is 0. The van der Waals surface area contributed by atoms with Crippen LogP contribution in [0.15, 0.2) is 0 Å². The molecule has 1 atom stereocenters. The summed E-state index contributed by atoms with van der Waals surface area (Å²) in [6, 6.07) is 0.313. The van der Waals surface area contributed by atoms with Crippen LogP contribution in [-0.2, 0) is 9.59 Å². The Morgan fingerprint density at radius 3 is 2.33 bits per heavy atom.